The fraction of sp³-hybridized carbons (Fsp3) is 0.450. The summed E-state index contributed by atoms with van der Waals surface area (Å²) in [5, 5.41) is 7.89. The van der Waals surface area contributed by atoms with Crippen molar-refractivity contribution >= 4 is 40.9 Å². The average Bonchev–Trinajstić information content (AvgIpc) is 2.76. The number of ether oxygens (including phenoxy) is 2. The first-order chi connectivity index (χ1) is 14.9. The Balaban J connectivity index is 1.76. The van der Waals surface area contributed by atoms with Crippen molar-refractivity contribution in [2.45, 2.75) is 19.8 Å². The zero-order valence-electron chi connectivity index (χ0n) is 17.5. The fourth-order valence-electron chi connectivity index (χ4n) is 3.40. The van der Waals surface area contributed by atoms with Gasteiger partial charge in [0.1, 0.15) is 5.82 Å². The minimum atomic E-state index is -1.15. The van der Waals surface area contributed by atoms with Gasteiger partial charge in [0.25, 0.3) is 0 Å². The molecule has 0 unspecified atom stereocenters. The van der Waals surface area contributed by atoms with E-state index < -0.39 is 17.9 Å². The highest BCUT2D eigenvalue weighted by atomic mass is 35.5. The van der Waals surface area contributed by atoms with Gasteiger partial charge in [0.2, 0.25) is 0 Å². The summed E-state index contributed by atoms with van der Waals surface area (Å²) in [6.45, 7) is 6.36. The van der Waals surface area contributed by atoms with Gasteiger partial charge in [-0.15, -0.1) is 10.2 Å². The normalized spacial score (nSPS) is 13.9. The lowest BCUT2D eigenvalue weighted by Crippen LogP contribution is -2.47. The third-order valence-electron chi connectivity index (χ3n) is 4.86. The molecule has 166 valence electrons. The molecule has 0 aromatic carbocycles. The van der Waals surface area contributed by atoms with Crippen molar-refractivity contribution < 1.29 is 19.1 Å². The Morgan fingerprint density at radius 3 is 2.29 bits per heavy atom. The number of esters is 2. The van der Waals surface area contributed by atoms with Crippen molar-refractivity contribution in [3.05, 3.63) is 35.1 Å². The molecule has 11 heteroatoms. The molecule has 0 bridgehead atoms. The summed E-state index contributed by atoms with van der Waals surface area (Å²) in [4.78, 5) is 33.4. The molecule has 0 spiro atoms. The maximum absolute atomic E-state index is 12.4. The van der Waals surface area contributed by atoms with Gasteiger partial charge in [0.15, 0.2) is 16.9 Å². The molecule has 1 aliphatic heterocycles. The second-order valence-electron chi connectivity index (χ2n) is 6.80. The van der Waals surface area contributed by atoms with E-state index in [0.29, 0.717) is 43.4 Å². The zero-order valence-corrected chi connectivity index (χ0v) is 18.2. The van der Waals surface area contributed by atoms with Crippen LogP contribution in [0.4, 0.5) is 17.3 Å². The van der Waals surface area contributed by atoms with Crippen molar-refractivity contribution in [3.8, 4) is 0 Å². The number of aromatic nitrogens is 3. The summed E-state index contributed by atoms with van der Waals surface area (Å²) in [6, 6.07) is 5.05. The molecule has 3 heterocycles. The molecule has 0 radical (unpaired) electrons. The van der Waals surface area contributed by atoms with Crippen LogP contribution in [0.5, 0.6) is 0 Å². The number of nitrogens with zero attached hydrogens (tertiary/aromatic N) is 5. The van der Waals surface area contributed by atoms with Gasteiger partial charge in [-0.05, 0) is 31.5 Å². The van der Waals surface area contributed by atoms with E-state index in [1.54, 1.807) is 38.2 Å². The number of anilines is 3. The summed E-state index contributed by atoms with van der Waals surface area (Å²) in [5.74, 6) is -1.44. The number of piperazine rings is 1. The smallest absolute Gasteiger partial charge is 0.324 e. The second kappa shape index (κ2) is 10.3. The van der Waals surface area contributed by atoms with E-state index in [1.807, 2.05) is 0 Å². The van der Waals surface area contributed by atoms with Crippen molar-refractivity contribution in [2.24, 2.45) is 0 Å². The monoisotopic (exact) mass is 448 g/mol. The Hall–Kier alpha value is -3.14. The molecule has 1 fully saturated rings. The van der Waals surface area contributed by atoms with Crippen LogP contribution in [-0.2, 0) is 19.1 Å². The largest absolute Gasteiger partial charge is 0.465 e. The SMILES string of the molecule is CCOC(=O)C(C(=O)OCC)c1ccnc(N2CCN(c3cc(Cl)nnc3N)CC2)c1. The molecule has 1 saturated heterocycles. The molecule has 0 amide bonds. The lowest BCUT2D eigenvalue weighted by Gasteiger charge is -2.37. The summed E-state index contributed by atoms with van der Waals surface area (Å²) in [7, 11) is 0. The highest BCUT2D eigenvalue weighted by Gasteiger charge is 2.32. The van der Waals surface area contributed by atoms with Crippen LogP contribution in [-0.4, -0.2) is 66.5 Å². The predicted molar refractivity (Wildman–Crippen MR) is 116 cm³/mol. The fourth-order valence-corrected chi connectivity index (χ4v) is 3.55. The highest BCUT2D eigenvalue weighted by Crippen LogP contribution is 2.27. The standard InChI is InChI=1S/C20H25ClN6O4/c1-3-30-19(28)17(20(29)31-4-2)13-5-6-23-16(11-13)27-9-7-26(8-10-27)14-12-15(21)24-25-18(14)22/h5-6,11-12,17H,3-4,7-10H2,1-2H3,(H2,22,25). The number of pyridine rings is 1. The molecule has 0 atom stereocenters. The molecule has 0 saturated carbocycles. The Bertz CT molecular complexity index is 918. The number of hydrogen-bond acceptors (Lipinski definition) is 10. The summed E-state index contributed by atoms with van der Waals surface area (Å²) in [5.41, 5.74) is 7.16. The number of nitrogen functional groups attached to an aromatic ring is 1. The van der Waals surface area contributed by atoms with Crippen molar-refractivity contribution in [1.29, 1.82) is 0 Å². The molecule has 10 nitrogen and oxygen atoms in total. The molecular formula is C20H25ClN6O4. The maximum atomic E-state index is 12.4. The molecule has 3 rings (SSSR count). The molecule has 31 heavy (non-hydrogen) atoms. The average molecular weight is 449 g/mol. The zero-order chi connectivity index (χ0) is 22.4. The lowest BCUT2D eigenvalue weighted by atomic mass is 10.00. The number of rotatable bonds is 7. The van der Waals surface area contributed by atoms with Gasteiger partial charge in [-0.3, -0.25) is 9.59 Å². The number of hydrogen-bond donors (Lipinski definition) is 1. The van der Waals surface area contributed by atoms with E-state index in [0.717, 1.165) is 5.69 Å². The van der Waals surface area contributed by atoms with Crippen LogP contribution in [0, 0.1) is 0 Å². The first-order valence-corrected chi connectivity index (χ1v) is 10.4. The summed E-state index contributed by atoms with van der Waals surface area (Å²) in [6.07, 6.45) is 1.58. The van der Waals surface area contributed by atoms with E-state index in [2.05, 4.69) is 25.0 Å². The number of nitrogens with two attached hydrogens (primary N) is 1. The second-order valence-corrected chi connectivity index (χ2v) is 7.18. The van der Waals surface area contributed by atoms with Crippen LogP contribution >= 0.6 is 11.6 Å². The van der Waals surface area contributed by atoms with Crippen LogP contribution in [0.3, 0.4) is 0 Å². The minimum absolute atomic E-state index is 0.172. The quantitative estimate of drug-likeness (QED) is 0.493. The van der Waals surface area contributed by atoms with E-state index in [9.17, 15) is 9.59 Å². The Morgan fingerprint density at radius 1 is 1.06 bits per heavy atom. The third-order valence-corrected chi connectivity index (χ3v) is 5.05. The van der Waals surface area contributed by atoms with Gasteiger partial charge in [0.05, 0.1) is 18.9 Å². The highest BCUT2D eigenvalue weighted by molar-refractivity contribution is 6.29. The molecule has 0 aliphatic carbocycles. The Labute approximate surface area is 185 Å². The first-order valence-electron chi connectivity index (χ1n) is 10.0. The Kier molecular flexibility index (Phi) is 7.45. The van der Waals surface area contributed by atoms with Crippen LogP contribution in [0.25, 0.3) is 0 Å². The molecular weight excluding hydrogens is 424 g/mol. The number of carbonyl (C=O) groups is 2. The first kappa shape index (κ1) is 22.5. The van der Waals surface area contributed by atoms with Crippen molar-refractivity contribution in [1.82, 2.24) is 15.2 Å². The van der Waals surface area contributed by atoms with Gasteiger partial charge >= 0.3 is 11.9 Å². The van der Waals surface area contributed by atoms with Crippen LogP contribution < -0.4 is 15.5 Å². The molecule has 2 N–H and O–H groups in total. The van der Waals surface area contributed by atoms with Crippen LogP contribution in [0.2, 0.25) is 5.15 Å². The van der Waals surface area contributed by atoms with Crippen molar-refractivity contribution in [3.63, 3.8) is 0 Å². The van der Waals surface area contributed by atoms with Gasteiger partial charge in [-0.2, -0.15) is 0 Å². The third kappa shape index (κ3) is 5.32. The van der Waals surface area contributed by atoms with Gasteiger partial charge in [-0.1, -0.05) is 11.6 Å². The topological polar surface area (TPSA) is 124 Å². The van der Waals surface area contributed by atoms with E-state index in [-0.39, 0.29) is 18.4 Å². The van der Waals surface area contributed by atoms with E-state index >= 15 is 0 Å². The van der Waals surface area contributed by atoms with Gasteiger partial charge in [-0.25, -0.2) is 4.98 Å². The van der Waals surface area contributed by atoms with Crippen LogP contribution in [0.15, 0.2) is 24.4 Å². The molecule has 1 aliphatic rings. The minimum Gasteiger partial charge on any atom is -0.465 e. The predicted octanol–water partition coefficient (Wildman–Crippen LogP) is 1.64. The molecule has 2 aromatic heterocycles. The molecule has 2 aromatic rings. The van der Waals surface area contributed by atoms with Crippen molar-refractivity contribution in [2.75, 3.05) is 54.9 Å². The lowest BCUT2D eigenvalue weighted by molar-refractivity contribution is -0.156. The van der Waals surface area contributed by atoms with E-state index in [4.69, 9.17) is 26.8 Å². The van der Waals surface area contributed by atoms with Gasteiger partial charge in [0, 0.05) is 38.4 Å². The number of carbonyl (C=O) groups excluding carboxylic acids is 2. The maximum Gasteiger partial charge on any atom is 0.324 e. The Morgan fingerprint density at radius 2 is 1.68 bits per heavy atom. The summed E-state index contributed by atoms with van der Waals surface area (Å²) >= 11 is 5.95. The van der Waals surface area contributed by atoms with Crippen LogP contribution in [0.1, 0.15) is 25.3 Å². The van der Waals surface area contributed by atoms with E-state index in [1.165, 1.54) is 0 Å². The van der Waals surface area contributed by atoms with Gasteiger partial charge < -0.3 is 25.0 Å². The number of halogens is 1. The summed E-state index contributed by atoms with van der Waals surface area (Å²) < 4.78 is 10.2.